The van der Waals surface area contributed by atoms with Crippen molar-refractivity contribution < 1.29 is 9.53 Å². The van der Waals surface area contributed by atoms with E-state index in [1.54, 1.807) is 0 Å². The van der Waals surface area contributed by atoms with E-state index in [-0.39, 0.29) is 5.91 Å². The van der Waals surface area contributed by atoms with Gasteiger partial charge in [-0.2, -0.15) is 0 Å². The summed E-state index contributed by atoms with van der Waals surface area (Å²) in [7, 11) is 0. The molecule has 4 rings (SSSR count). The van der Waals surface area contributed by atoms with Crippen LogP contribution >= 0.6 is 0 Å². The number of H-pyrrole nitrogens is 1. The topological polar surface area (TPSA) is 54.1 Å². The van der Waals surface area contributed by atoms with Crippen molar-refractivity contribution in [2.75, 3.05) is 6.61 Å². The molecule has 2 aromatic carbocycles. The maximum absolute atomic E-state index is 11.8. The van der Waals surface area contributed by atoms with Crippen molar-refractivity contribution in [1.29, 1.82) is 0 Å². The predicted molar refractivity (Wildman–Crippen MR) is 108 cm³/mol. The van der Waals surface area contributed by atoms with Crippen LogP contribution in [0.4, 0.5) is 0 Å². The molecule has 0 saturated heterocycles. The summed E-state index contributed by atoms with van der Waals surface area (Å²) in [5.41, 5.74) is 5.39. The van der Waals surface area contributed by atoms with Crippen molar-refractivity contribution in [2.45, 2.75) is 45.3 Å². The molecule has 1 amide bonds. The largest absolute Gasteiger partial charge is 0.364 e. The summed E-state index contributed by atoms with van der Waals surface area (Å²) >= 11 is 0. The van der Waals surface area contributed by atoms with Crippen LogP contribution in [-0.4, -0.2) is 17.5 Å². The molecule has 0 fully saturated rings. The molecule has 2 heterocycles. The van der Waals surface area contributed by atoms with Crippen LogP contribution in [0.1, 0.15) is 49.1 Å². The van der Waals surface area contributed by atoms with Crippen molar-refractivity contribution in [3.63, 3.8) is 0 Å². The van der Waals surface area contributed by atoms with E-state index in [4.69, 9.17) is 4.74 Å². The number of aromatic amines is 1. The highest BCUT2D eigenvalue weighted by Gasteiger charge is 2.41. The first-order valence-electron chi connectivity index (χ1n) is 9.78. The Balaban J connectivity index is 1.85. The van der Waals surface area contributed by atoms with Crippen molar-refractivity contribution >= 4 is 16.8 Å². The summed E-state index contributed by atoms with van der Waals surface area (Å²) in [5, 5.41) is 4.30. The lowest BCUT2D eigenvalue weighted by Crippen LogP contribution is -2.38. The Labute approximate surface area is 159 Å². The summed E-state index contributed by atoms with van der Waals surface area (Å²) in [6, 6.07) is 16.8. The van der Waals surface area contributed by atoms with Gasteiger partial charge in [-0.15, -0.1) is 0 Å². The van der Waals surface area contributed by atoms with Gasteiger partial charge in [0.25, 0.3) is 0 Å². The first-order chi connectivity index (χ1) is 13.2. The van der Waals surface area contributed by atoms with Crippen LogP contribution in [0.5, 0.6) is 0 Å². The summed E-state index contributed by atoms with van der Waals surface area (Å²) in [4.78, 5) is 15.4. The molecule has 1 atom stereocenters. The Morgan fingerprint density at radius 2 is 1.93 bits per heavy atom. The second-order valence-electron chi connectivity index (χ2n) is 7.09. The van der Waals surface area contributed by atoms with Crippen LogP contribution < -0.4 is 5.32 Å². The lowest BCUT2D eigenvalue weighted by Gasteiger charge is -2.38. The molecule has 4 nitrogen and oxygen atoms in total. The number of aromatic nitrogens is 1. The molecule has 0 radical (unpaired) electrons. The highest BCUT2D eigenvalue weighted by atomic mass is 16.5. The number of para-hydroxylation sites is 1. The van der Waals surface area contributed by atoms with Gasteiger partial charge in [-0.05, 0) is 35.6 Å². The molecule has 0 aliphatic carbocycles. The average Bonchev–Trinajstić information content (AvgIpc) is 3.11. The monoisotopic (exact) mass is 362 g/mol. The Bertz CT molecular complexity index is 975. The van der Waals surface area contributed by atoms with Crippen LogP contribution in [0.25, 0.3) is 10.9 Å². The van der Waals surface area contributed by atoms with E-state index in [1.165, 1.54) is 10.9 Å². The van der Waals surface area contributed by atoms with Gasteiger partial charge in [-0.1, -0.05) is 56.3 Å². The van der Waals surface area contributed by atoms with Crippen molar-refractivity contribution in [3.05, 3.63) is 70.9 Å². The van der Waals surface area contributed by atoms with Crippen LogP contribution in [-0.2, 0) is 28.1 Å². The van der Waals surface area contributed by atoms with E-state index >= 15 is 0 Å². The zero-order valence-electron chi connectivity index (χ0n) is 16.0. The Morgan fingerprint density at radius 3 is 2.74 bits per heavy atom. The molecule has 27 heavy (non-hydrogen) atoms. The van der Waals surface area contributed by atoms with Gasteiger partial charge in [0.15, 0.2) is 0 Å². The van der Waals surface area contributed by atoms with Crippen molar-refractivity contribution in [1.82, 2.24) is 10.3 Å². The van der Waals surface area contributed by atoms with E-state index in [0.717, 1.165) is 35.2 Å². The minimum atomic E-state index is -0.514. The standard InChI is InChI=1S/C23H26N2O2/c1-3-21(26)24-15-16-9-5-7-11-19(16)23(4-2)22-18(13-14-27-23)17-10-6-8-12-20(17)25-22/h5-12,25H,3-4,13-15H2,1-2H3,(H,24,26). The molecule has 1 aliphatic heterocycles. The number of fused-ring (bicyclic) bond motifs is 3. The van der Waals surface area contributed by atoms with Crippen molar-refractivity contribution in [2.24, 2.45) is 0 Å². The SMILES string of the molecule is CCC(=O)NCc1ccccc1C1(CC)OCCc2c1[nH]c1ccccc21. The zero-order valence-corrected chi connectivity index (χ0v) is 16.0. The second-order valence-corrected chi connectivity index (χ2v) is 7.09. The maximum Gasteiger partial charge on any atom is 0.219 e. The number of nitrogens with one attached hydrogen (secondary N) is 2. The summed E-state index contributed by atoms with van der Waals surface area (Å²) < 4.78 is 6.49. The minimum absolute atomic E-state index is 0.0613. The number of ether oxygens (including phenoxy) is 1. The third-order valence-corrected chi connectivity index (χ3v) is 5.67. The summed E-state index contributed by atoms with van der Waals surface area (Å²) in [5.74, 6) is 0.0613. The molecule has 0 spiro atoms. The molecule has 1 unspecified atom stereocenters. The molecule has 0 saturated carbocycles. The molecule has 0 bridgehead atoms. The van der Waals surface area contributed by atoms with E-state index in [2.05, 4.69) is 59.7 Å². The quantitative estimate of drug-likeness (QED) is 0.706. The van der Waals surface area contributed by atoms with Gasteiger partial charge < -0.3 is 15.0 Å². The molecular formula is C23H26N2O2. The van der Waals surface area contributed by atoms with E-state index in [9.17, 15) is 4.79 Å². The van der Waals surface area contributed by atoms with Gasteiger partial charge >= 0.3 is 0 Å². The molecule has 4 heteroatoms. The highest BCUT2D eigenvalue weighted by molar-refractivity contribution is 5.85. The van der Waals surface area contributed by atoms with Crippen LogP contribution in [0.3, 0.4) is 0 Å². The number of carbonyl (C=O) groups is 1. The lowest BCUT2D eigenvalue weighted by atomic mass is 9.80. The smallest absolute Gasteiger partial charge is 0.219 e. The molecule has 140 valence electrons. The van der Waals surface area contributed by atoms with Gasteiger partial charge in [-0.25, -0.2) is 0 Å². The first kappa shape index (κ1) is 17.8. The number of hydrogen-bond acceptors (Lipinski definition) is 2. The fourth-order valence-corrected chi connectivity index (χ4v) is 4.27. The van der Waals surface area contributed by atoms with E-state index in [0.29, 0.717) is 19.6 Å². The number of benzene rings is 2. The van der Waals surface area contributed by atoms with E-state index in [1.807, 2.05) is 13.0 Å². The molecule has 1 aromatic heterocycles. The lowest BCUT2D eigenvalue weighted by molar-refractivity contribution is -0.120. The highest BCUT2D eigenvalue weighted by Crippen LogP contribution is 2.44. The second kappa shape index (κ2) is 7.20. The zero-order chi connectivity index (χ0) is 18.9. The van der Waals surface area contributed by atoms with Gasteiger partial charge in [0.2, 0.25) is 5.91 Å². The molecule has 3 aromatic rings. The van der Waals surface area contributed by atoms with Gasteiger partial charge in [0.05, 0.1) is 12.3 Å². The minimum Gasteiger partial charge on any atom is -0.364 e. The summed E-state index contributed by atoms with van der Waals surface area (Å²) in [6.45, 7) is 5.25. The van der Waals surface area contributed by atoms with Crippen LogP contribution in [0, 0.1) is 0 Å². The number of hydrogen-bond donors (Lipinski definition) is 2. The van der Waals surface area contributed by atoms with Gasteiger partial charge in [0.1, 0.15) is 5.60 Å². The summed E-state index contributed by atoms with van der Waals surface area (Å²) in [6.07, 6.45) is 2.23. The third-order valence-electron chi connectivity index (χ3n) is 5.67. The fraction of sp³-hybridized carbons (Fsp3) is 0.348. The number of carbonyl (C=O) groups excluding carboxylic acids is 1. The fourth-order valence-electron chi connectivity index (χ4n) is 4.27. The maximum atomic E-state index is 11.8. The normalized spacial score (nSPS) is 19.0. The number of amides is 1. The Morgan fingerprint density at radius 1 is 1.15 bits per heavy atom. The van der Waals surface area contributed by atoms with E-state index < -0.39 is 5.60 Å². The van der Waals surface area contributed by atoms with Crippen LogP contribution in [0.2, 0.25) is 0 Å². The molecular weight excluding hydrogens is 336 g/mol. The van der Waals surface area contributed by atoms with Gasteiger partial charge in [0, 0.05) is 23.9 Å². The Kier molecular flexibility index (Phi) is 4.75. The molecule has 2 N–H and O–H groups in total. The average molecular weight is 362 g/mol. The first-order valence-corrected chi connectivity index (χ1v) is 9.78. The van der Waals surface area contributed by atoms with Crippen LogP contribution in [0.15, 0.2) is 48.5 Å². The van der Waals surface area contributed by atoms with Crippen molar-refractivity contribution in [3.8, 4) is 0 Å². The third kappa shape index (κ3) is 2.94. The molecule has 1 aliphatic rings. The number of rotatable bonds is 5. The predicted octanol–water partition coefficient (Wildman–Crippen LogP) is 4.42. The van der Waals surface area contributed by atoms with Gasteiger partial charge in [-0.3, -0.25) is 4.79 Å². The Hall–Kier alpha value is -2.59.